The van der Waals surface area contributed by atoms with E-state index in [1.54, 1.807) is 13.8 Å². The Labute approximate surface area is 77.7 Å². The maximum Gasteiger partial charge on any atom is 0.281 e. The lowest BCUT2D eigenvalue weighted by atomic mass is 10.4. The molecule has 5 heteroatoms. The molecule has 0 saturated carbocycles. The van der Waals surface area contributed by atoms with Crippen molar-refractivity contribution in [3.8, 4) is 0 Å². The third-order valence-electron chi connectivity index (χ3n) is 1.60. The van der Waals surface area contributed by atoms with Gasteiger partial charge in [0, 0.05) is 6.54 Å². The van der Waals surface area contributed by atoms with Crippen molar-refractivity contribution in [2.24, 2.45) is 0 Å². The van der Waals surface area contributed by atoms with E-state index in [-0.39, 0.29) is 5.69 Å². The summed E-state index contributed by atoms with van der Waals surface area (Å²) in [5.41, 5.74) is 0.571. The topological polar surface area (TPSA) is 17.8 Å². The summed E-state index contributed by atoms with van der Waals surface area (Å²) in [6.45, 7) is 3.94. The van der Waals surface area contributed by atoms with Gasteiger partial charge in [-0.1, -0.05) is 0 Å². The second-order valence-corrected chi connectivity index (χ2v) is 3.19. The van der Waals surface area contributed by atoms with Gasteiger partial charge in [0.1, 0.15) is 5.69 Å². The number of hydrogen-bond acceptors (Lipinski definition) is 1. The molecule has 0 saturated heterocycles. The van der Waals surface area contributed by atoms with Gasteiger partial charge in [0.25, 0.3) is 6.43 Å². The van der Waals surface area contributed by atoms with Crippen LogP contribution in [0.4, 0.5) is 8.78 Å². The zero-order valence-corrected chi connectivity index (χ0v) is 8.40. The molecule has 12 heavy (non-hydrogen) atoms. The number of nitrogens with zero attached hydrogens (tertiary/aromatic N) is 2. The molecule has 0 radical (unpaired) electrons. The summed E-state index contributed by atoms with van der Waals surface area (Å²) in [5.74, 6) is 0. The van der Waals surface area contributed by atoms with Gasteiger partial charge in [-0.3, -0.25) is 4.68 Å². The van der Waals surface area contributed by atoms with Crippen LogP contribution in [0.25, 0.3) is 0 Å². The molecule has 0 aliphatic heterocycles. The summed E-state index contributed by atoms with van der Waals surface area (Å²) in [7, 11) is 0. The molecular weight excluding hydrogens is 230 g/mol. The fraction of sp³-hybridized carbons (Fsp3) is 0.571. The Morgan fingerprint density at radius 1 is 1.58 bits per heavy atom. The Balaban J connectivity index is 3.21. The molecule has 0 spiro atoms. The largest absolute Gasteiger partial charge is 0.281 e. The molecule has 0 atom stereocenters. The fourth-order valence-electron chi connectivity index (χ4n) is 1.03. The maximum absolute atomic E-state index is 12.4. The molecule has 1 rings (SSSR count). The van der Waals surface area contributed by atoms with Crippen LogP contribution in [0.3, 0.4) is 0 Å². The normalized spacial score (nSPS) is 11.2. The van der Waals surface area contributed by atoms with Gasteiger partial charge >= 0.3 is 0 Å². The number of halogens is 3. The van der Waals surface area contributed by atoms with E-state index in [0.717, 1.165) is 0 Å². The Morgan fingerprint density at radius 2 is 2.17 bits per heavy atom. The van der Waals surface area contributed by atoms with E-state index < -0.39 is 6.43 Å². The first-order valence-corrected chi connectivity index (χ1v) is 4.38. The number of alkyl halides is 2. The highest BCUT2D eigenvalue weighted by Crippen LogP contribution is 2.29. The van der Waals surface area contributed by atoms with E-state index in [9.17, 15) is 8.78 Å². The van der Waals surface area contributed by atoms with E-state index in [0.29, 0.717) is 16.7 Å². The lowest BCUT2D eigenvalue weighted by molar-refractivity contribution is 0.138. The van der Waals surface area contributed by atoms with Crippen molar-refractivity contribution in [3.05, 3.63) is 15.9 Å². The van der Waals surface area contributed by atoms with Gasteiger partial charge < -0.3 is 0 Å². The van der Waals surface area contributed by atoms with Gasteiger partial charge in [0.2, 0.25) is 0 Å². The molecule has 0 fully saturated rings. The Hall–Kier alpha value is -0.450. The smallest absolute Gasteiger partial charge is 0.263 e. The zero-order valence-electron chi connectivity index (χ0n) is 6.81. The Kier molecular flexibility index (Phi) is 2.82. The molecule has 1 heterocycles. The molecule has 0 bridgehead atoms. The Morgan fingerprint density at radius 3 is 2.50 bits per heavy atom. The van der Waals surface area contributed by atoms with Crippen molar-refractivity contribution in [1.82, 2.24) is 9.78 Å². The second kappa shape index (κ2) is 3.51. The molecule has 68 valence electrons. The van der Waals surface area contributed by atoms with Crippen LogP contribution in [0.1, 0.15) is 24.7 Å². The van der Waals surface area contributed by atoms with Crippen LogP contribution < -0.4 is 0 Å². The minimum absolute atomic E-state index is 0.0324. The number of aryl methyl sites for hydroxylation is 2. The molecule has 1 aromatic heterocycles. The molecular formula is C7H9BrF2N2. The van der Waals surface area contributed by atoms with Crippen LogP contribution >= 0.6 is 15.9 Å². The minimum atomic E-state index is -2.47. The first-order chi connectivity index (χ1) is 5.57. The summed E-state index contributed by atoms with van der Waals surface area (Å²) in [4.78, 5) is 0. The van der Waals surface area contributed by atoms with Crippen LogP contribution in [-0.4, -0.2) is 9.78 Å². The van der Waals surface area contributed by atoms with Crippen LogP contribution in [0, 0.1) is 6.92 Å². The summed E-state index contributed by atoms with van der Waals surface area (Å²) >= 11 is 3.08. The predicted molar refractivity (Wildman–Crippen MR) is 45.3 cm³/mol. The van der Waals surface area contributed by atoms with Gasteiger partial charge in [0.05, 0.1) is 10.2 Å². The van der Waals surface area contributed by atoms with Gasteiger partial charge in [-0.2, -0.15) is 5.10 Å². The van der Waals surface area contributed by atoms with E-state index in [1.165, 1.54) is 4.68 Å². The van der Waals surface area contributed by atoms with Crippen molar-refractivity contribution < 1.29 is 8.78 Å². The van der Waals surface area contributed by atoms with Crippen molar-refractivity contribution in [1.29, 1.82) is 0 Å². The van der Waals surface area contributed by atoms with E-state index >= 15 is 0 Å². The SMILES string of the molecule is CCn1nc(C)c(Br)c1C(F)F. The third kappa shape index (κ3) is 1.50. The van der Waals surface area contributed by atoms with Crippen molar-refractivity contribution in [2.45, 2.75) is 26.8 Å². The van der Waals surface area contributed by atoms with Crippen molar-refractivity contribution in [3.63, 3.8) is 0 Å². The van der Waals surface area contributed by atoms with Crippen LogP contribution in [-0.2, 0) is 6.54 Å². The van der Waals surface area contributed by atoms with Crippen molar-refractivity contribution in [2.75, 3.05) is 0 Å². The van der Waals surface area contributed by atoms with E-state index in [1.807, 2.05) is 0 Å². The molecule has 0 unspecified atom stereocenters. The summed E-state index contributed by atoms with van der Waals surface area (Å²) in [6.07, 6.45) is -2.47. The van der Waals surface area contributed by atoms with Gasteiger partial charge in [-0.25, -0.2) is 8.78 Å². The van der Waals surface area contributed by atoms with Gasteiger partial charge in [0.15, 0.2) is 0 Å². The molecule has 0 N–H and O–H groups in total. The van der Waals surface area contributed by atoms with E-state index in [2.05, 4.69) is 21.0 Å². The lowest BCUT2D eigenvalue weighted by Crippen LogP contribution is -2.02. The highest BCUT2D eigenvalue weighted by molar-refractivity contribution is 9.10. The highest BCUT2D eigenvalue weighted by atomic mass is 79.9. The van der Waals surface area contributed by atoms with E-state index in [4.69, 9.17) is 0 Å². The molecule has 0 amide bonds. The number of aromatic nitrogens is 2. The van der Waals surface area contributed by atoms with Crippen LogP contribution in [0.5, 0.6) is 0 Å². The quantitative estimate of drug-likeness (QED) is 0.775. The van der Waals surface area contributed by atoms with Crippen LogP contribution in [0.2, 0.25) is 0 Å². The summed E-state index contributed by atoms with van der Waals surface area (Å²) < 4.78 is 26.5. The highest BCUT2D eigenvalue weighted by Gasteiger charge is 2.20. The summed E-state index contributed by atoms with van der Waals surface area (Å²) in [6, 6.07) is 0. The molecule has 0 aliphatic rings. The first kappa shape index (κ1) is 9.64. The Bertz CT molecular complexity index is 283. The summed E-state index contributed by atoms with van der Waals surface area (Å²) in [5, 5.41) is 3.94. The fourth-order valence-corrected chi connectivity index (χ4v) is 1.48. The van der Waals surface area contributed by atoms with Gasteiger partial charge in [-0.05, 0) is 29.8 Å². The maximum atomic E-state index is 12.4. The zero-order chi connectivity index (χ0) is 9.30. The van der Waals surface area contributed by atoms with Crippen LogP contribution in [0.15, 0.2) is 4.47 Å². The van der Waals surface area contributed by atoms with Gasteiger partial charge in [-0.15, -0.1) is 0 Å². The monoisotopic (exact) mass is 238 g/mol. The molecule has 0 aromatic carbocycles. The average molecular weight is 239 g/mol. The minimum Gasteiger partial charge on any atom is -0.263 e. The molecule has 1 aromatic rings. The second-order valence-electron chi connectivity index (χ2n) is 2.40. The predicted octanol–water partition coefficient (Wildman–Crippen LogP) is 2.91. The molecule has 0 aliphatic carbocycles. The number of hydrogen-bond donors (Lipinski definition) is 0. The standard InChI is InChI=1S/C7H9BrF2N2/c1-3-12-6(7(9)10)5(8)4(2)11-12/h7H,3H2,1-2H3. The van der Waals surface area contributed by atoms with Crippen molar-refractivity contribution >= 4 is 15.9 Å². The molecule has 2 nitrogen and oxygen atoms in total. The first-order valence-electron chi connectivity index (χ1n) is 3.58. The lowest BCUT2D eigenvalue weighted by Gasteiger charge is -2.02. The number of rotatable bonds is 2. The third-order valence-corrected chi connectivity index (χ3v) is 2.58. The average Bonchev–Trinajstić information content (AvgIpc) is 2.28.